The summed E-state index contributed by atoms with van der Waals surface area (Å²) in [5, 5.41) is 7.77. The summed E-state index contributed by atoms with van der Waals surface area (Å²) in [5.41, 5.74) is 2.38. The highest BCUT2D eigenvalue weighted by Crippen LogP contribution is 2.28. The van der Waals surface area contributed by atoms with E-state index in [9.17, 15) is 0 Å². The third kappa shape index (κ3) is 10.4. The lowest BCUT2D eigenvalue weighted by Gasteiger charge is -2.24. The molecule has 150 valence electrons. The van der Waals surface area contributed by atoms with Crippen LogP contribution in [-0.4, -0.2) is 45.8 Å². The lowest BCUT2D eigenvalue weighted by molar-refractivity contribution is 0.337. The van der Waals surface area contributed by atoms with Crippen molar-refractivity contribution in [1.82, 2.24) is 0 Å². The fourth-order valence-electron chi connectivity index (χ4n) is 2.70. The molecule has 0 heterocycles. The van der Waals surface area contributed by atoms with Crippen LogP contribution >= 0.6 is 0 Å². The number of hydrogen-bond donors (Lipinski definition) is 2. The number of rotatable bonds is 14. The van der Waals surface area contributed by atoms with Crippen LogP contribution in [0.5, 0.6) is 0 Å². The first-order chi connectivity index (χ1) is 12.3. The predicted octanol–water partition coefficient (Wildman–Crippen LogP) is 3.93. The fraction of sp³-hybridized carbons (Fsp3) is 0.700. The Kier molecular flexibility index (Phi) is 10.5. The van der Waals surface area contributed by atoms with Crippen molar-refractivity contribution < 1.29 is 8.85 Å². The molecule has 0 radical (unpaired) electrons. The Morgan fingerprint density at radius 2 is 1.08 bits per heavy atom. The highest BCUT2D eigenvalue weighted by Gasteiger charge is 2.19. The molecule has 1 aromatic rings. The van der Waals surface area contributed by atoms with Crippen molar-refractivity contribution in [3.63, 3.8) is 0 Å². The van der Waals surface area contributed by atoms with E-state index >= 15 is 0 Å². The Balaban J connectivity index is 2.31. The zero-order valence-corrected chi connectivity index (χ0v) is 20.6. The largest absolute Gasteiger partial charge is 0.424 e. The van der Waals surface area contributed by atoms with Crippen LogP contribution in [0.4, 0.5) is 11.4 Å². The monoisotopic (exact) mass is 396 g/mol. The molecule has 0 aliphatic heterocycles. The topological polar surface area (TPSA) is 42.5 Å². The van der Waals surface area contributed by atoms with Crippen LogP contribution in [0.1, 0.15) is 54.4 Å². The molecule has 0 atom stereocenters. The average molecular weight is 397 g/mol. The summed E-state index contributed by atoms with van der Waals surface area (Å²) in [6, 6.07) is 8.65. The van der Waals surface area contributed by atoms with Gasteiger partial charge in [-0.05, 0) is 61.0 Å². The van der Waals surface area contributed by atoms with E-state index in [2.05, 4.69) is 76.4 Å². The summed E-state index contributed by atoms with van der Waals surface area (Å²) >= 11 is 0. The van der Waals surface area contributed by atoms with Gasteiger partial charge in [0.05, 0.1) is 0 Å². The zero-order valence-electron chi connectivity index (χ0n) is 17.8. The highest BCUT2D eigenvalue weighted by atomic mass is 28.2. The number of anilines is 2. The van der Waals surface area contributed by atoms with E-state index in [4.69, 9.17) is 8.85 Å². The van der Waals surface area contributed by atoms with Gasteiger partial charge in [0.2, 0.25) is 0 Å². The Labute approximate surface area is 165 Å². The van der Waals surface area contributed by atoms with E-state index < -0.39 is 19.5 Å². The van der Waals surface area contributed by atoms with E-state index in [0.29, 0.717) is 10.1 Å². The number of hydrogen-bond acceptors (Lipinski definition) is 4. The minimum atomic E-state index is -0.451. The molecule has 0 aliphatic rings. The molecule has 0 unspecified atom stereocenters. The molecule has 0 aliphatic carbocycles. The van der Waals surface area contributed by atoms with Gasteiger partial charge in [0, 0.05) is 37.7 Å². The van der Waals surface area contributed by atoms with E-state index in [1.807, 2.05) is 0 Å². The van der Waals surface area contributed by atoms with Crippen molar-refractivity contribution >= 4 is 30.9 Å². The summed E-state index contributed by atoms with van der Waals surface area (Å²) in [5.74, 6) is 0. The Hall–Kier alpha value is -0.826. The predicted molar refractivity (Wildman–Crippen MR) is 121 cm³/mol. The van der Waals surface area contributed by atoms with Crippen molar-refractivity contribution in [2.24, 2.45) is 0 Å². The third-order valence-electron chi connectivity index (χ3n) is 4.54. The van der Waals surface area contributed by atoms with Crippen LogP contribution in [0.2, 0.25) is 10.1 Å². The molecule has 1 aromatic carbocycles. The van der Waals surface area contributed by atoms with Gasteiger partial charge in [-0.2, -0.15) is 0 Å². The molecule has 0 spiro atoms. The second-order valence-corrected chi connectivity index (χ2v) is 13.8. The van der Waals surface area contributed by atoms with E-state index in [0.717, 1.165) is 39.1 Å². The molecule has 0 amide bonds. The molecule has 2 N–H and O–H groups in total. The van der Waals surface area contributed by atoms with Gasteiger partial charge in [0.1, 0.15) is 0 Å². The molecule has 26 heavy (non-hydrogen) atoms. The van der Waals surface area contributed by atoms with Crippen molar-refractivity contribution in [3.05, 3.63) is 24.3 Å². The smallest absolute Gasteiger partial charge is 0.167 e. The molecule has 0 saturated heterocycles. The lowest BCUT2D eigenvalue weighted by Crippen LogP contribution is -2.20. The molecule has 0 bridgehead atoms. The first kappa shape index (κ1) is 23.2. The van der Waals surface area contributed by atoms with Gasteiger partial charge in [-0.3, -0.25) is 0 Å². The average Bonchev–Trinajstić information content (AvgIpc) is 2.59. The minimum absolute atomic E-state index is 0.349. The van der Waals surface area contributed by atoms with Gasteiger partial charge >= 0.3 is 0 Å². The van der Waals surface area contributed by atoms with Crippen molar-refractivity contribution in [1.29, 1.82) is 0 Å². The van der Waals surface area contributed by atoms with E-state index in [1.54, 1.807) is 0 Å². The van der Waals surface area contributed by atoms with Gasteiger partial charge in [-0.1, -0.05) is 27.7 Å². The third-order valence-corrected chi connectivity index (χ3v) is 8.04. The van der Waals surface area contributed by atoms with E-state index in [-0.39, 0.29) is 0 Å². The maximum absolute atomic E-state index is 5.70. The van der Waals surface area contributed by atoms with Crippen molar-refractivity contribution in [2.45, 2.75) is 64.5 Å². The molecule has 0 fully saturated rings. The van der Waals surface area contributed by atoms with Crippen LogP contribution < -0.4 is 10.6 Å². The van der Waals surface area contributed by atoms with E-state index in [1.165, 1.54) is 11.4 Å². The molecule has 6 heteroatoms. The van der Waals surface area contributed by atoms with Gasteiger partial charge in [-0.15, -0.1) is 0 Å². The molecular formula is C20H40N2O2Si2. The zero-order chi connectivity index (χ0) is 19.5. The highest BCUT2D eigenvalue weighted by molar-refractivity contribution is 6.32. The SMILES string of the molecule is CCO[SiH2]C(C)(C)CCNc1ccc(NCCC(C)(C)[SiH2]OCC)cc1. The second kappa shape index (κ2) is 11.8. The van der Waals surface area contributed by atoms with Crippen molar-refractivity contribution in [2.75, 3.05) is 36.9 Å². The molecule has 4 nitrogen and oxygen atoms in total. The summed E-state index contributed by atoms with van der Waals surface area (Å²) in [7, 11) is -0.901. The van der Waals surface area contributed by atoms with Gasteiger partial charge in [0.25, 0.3) is 0 Å². The maximum atomic E-state index is 5.70. The van der Waals surface area contributed by atoms with Gasteiger partial charge < -0.3 is 19.5 Å². The molecule has 1 rings (SSSR count). The van der Waals surface area contributed by atoms with Crippen LogP contribution in [0.25, 0.3) is 0 Å². The first-order valence-corrected chi connectivity index (χ1v) is 12.6. The number of benzene rings is 1. The van der Waals surface area contributed by atoms with Crippen molar-refractivity contribution in [3.8, 4) is 0 Å². The summed E-state index contributed by atoms with van der Waals surface area (Å²) in [6.07, 6.45) is 2.30. The maximum Gasteiger partial charge on any atom is 0.167 e. The van der Waals surface area contributed by atoms with Gasteiger partial charge in [0.15, 0.2) is 19.5 Å². The molecule has 0 aromatic heterocycles. The second-order valence-electron chi connectivity index (χ2n) is 8.53. The molecular weight excluding hydrogens is 356 g/mol. The Morgan fingerprint density at radius 3 is 1.38 bits per heavy atom. The quantitative estimate of drug-likeness (QED) is 0.468. The van der Waals surface area contributed by atoms with Crippen LogP contribution in [0, 0.1) is 0 Å². The Morgan fingerprint density at radius 1 is 0.731 bits per heavy atom. The standard InChI is InChI=1S/C20H40N2O2Si2/c1-7-23-25-19(3,4)13-15-21-17-9-11-18(12-10-17)22-16-14-20(5,6)26-24-8-2/h9-12,21-22H,7-8,13-16,25-26H2,1-6H3. The first-order valence-electron chi connectivity index (χ1n) is 10.0. The summed E-state index contributed by atoms with van der Waals surface area (Å²) in [6.45, 7) is 17.1. The molecule has 0 saturated carbocycles. The normalized spacial score (nSPS) is 13.2. The summed E-state index contributed by atoms with van der Waals surface area (Å²) in [4.78, 5) is 0. The van der Waals surface area contributed by atoms with Crippen LogP contribution in [0.15, 0.2) is 24.3 Å². The Bertz CT molecular complexity index is 448. The summed E-state index contributed by atoms with van der Waals surface area (Å²) < 4.78 is 11.4. The number of nitrogens with one attached hydrogen (secondary N) is 2. The van der Waals surface area contributed by atoms with Gasteiger partial charge in [-0.25, -0.2) is 0 Å². The minimum Gasteiger partial charge on any atom is -0.424 e. The fourth-order valence-corrected chi connectivity index (χ4v) is 4.85. The van der Waals surface area contributed by atoms with Crippen LogP contribution in [-0.2, 0) is 8.85 Å². The van der Waals surface area contributed by atoms with Crippen LogP contribution in [0.3, 0.4) is 0 Å². The lowest BCUT2D eigenvalue weighted by atomic mass is 10.1.